The van der Waals surface area contributed by atoms with Crippen molar-refractivity contribution in [1.82, 2.24) is 9.80 Å². The Kier molecular flexibility index (Phi) is 5.02. The second-order valence-electron chi connectivity index (χ2n) is 7.23. The van der Waals surface area contributed by atoms with Crippen LogP contribution < -0.4 is 9.47 Å². The smallest absolute Gasteiger partial charge is 0.295 e. The number of ether oxygens (including phenoxy) is 2. The van der Waals surface area contributed by atoms with E-state index in [-0.39, 0.29) is 18.1 Å². The van der Waals surface area contributed by atoms with Crippen LogP contribution >= 0.6 is 0 Å². The summed E-state index contributed by atoms with van der Waals surface area (Å²) in [7, 11) is 3.88. The van der Waals surface area contributed by atoms with Crippen LogP contribution in [0.4, 0.5) is 0 Å². The molecule has 1 aromatic heterocycles. The molecule has 0 unspecified atom stereocenters. The number of hydrogen-bond donors (Lipinski definition) is 1. The molecular weight excluding hydrogens is 376 g/mol. The quantitative estimate of drug-likeness (QED) is 0.454. The highest BCUT2D eigenvalue weighted by Crippen LogP contribution is 2.41. The first kappa shape index (κ1) is 19.1. The van der Waals surface area contributed by atoms with Crippen LogP contribution in [0, 0.1) is 0 Å². The number of carbonyl (C=O) groups excluding carboxylic acids is 2. The summed E-state index contributed by atoms with van der Waals surface area (Å²) < 4.78 is 16.2. The highest BCUT2D eigenvalue weighted by Gasteiger charge is 2.47. The van der Waals surface area contributed by atoms with Crippen LogP contribution in [0.1, 0.15) is 23.8 Å². The number of furan rings is 1. The summed E-state index contributed by atoms with van der Waals surface area (Å²) in [4.78, 5) is 29.1. The van der Waals surface area contributed by atoms with Gasteiger partial charge in [0.2, 0.25) is 6.79 Å². The van der Waals surface area contributed by atoms with E-state index in [2.05, 4.69) is 0 Å². The van der Waals surface area contributed by atoms with Crippen LogP contribution in [-0.4, -0.2) is 60.6 Å². The molecule has 1 amide bonds. The topological polar surface area (TPSA) is 92.5 Å². The van der Waals surface area contributed by atoms with E-state index in [1.165, 1.54) is 11.2 Å². The van der Waals surface area contributed by atoms with Crippen LogP contribution in [0.2, 0.25) is 0 Å². The minimum atomic E-state index is -0.780. The highest BCUT2D eigenvalue weighted by molar-refractivity contribution is 6.46. The van der Waals surface area contributed by atoms with Crippen LogP contribution in [0.15, 0.2) is 46.6 Å². The third-order valence-corrected chi connectivity index (χ3v) is 5.00. The molecule has 0 saturated carbocycles. The van der Waals surface area contributed by atoms with Gasteiger partial charge in [-0.3, -0.25) is 9.59 Å². The molecule has 1 aromatic carbocycles. The Morgan fingerprint density at radius 3 is 2.72 bits per heavy atom. The van der Waals surface area contributed by atoms with Crippen molar-refractivity contribution < 1.29 is 28.6 Å². The highest BCUT2D eigenvalue weighted by atomic mass is 16.7. The average Bonchev–Trinajstić information content (AvgIpc) is 3.43. The molecule has 1 atom stereocenters. The van der Waals surface area contributed by atoms with Crippen LogP contribution in [0.3, 0.4) is 0 Å². The fourth-order valence-electron chi connectivity index (χ4n) is 3.61. The maximum atomic E-state index is 12.8. The van der Waals surface area contributed by atoms with Crippen LogP contribution in [0.25, 0.3) is 5.76 Å². The normalized spacial score (nSPS) is 20.1. The first-order chi connectivity index (χ1) is 14.0. The summed E-state index contributed by atoms with van der Waals surface area (Å²) >= 11 is 0. The summed E-state index contributed by atoms with van der Waals surface area (Å²) in [5.41, 5.74) is 0.380. The molecule has 2 aliphatic rings. The standard InChI is InChI=1S/C21H22N2O6/c1-22(2)8-4-9-23-18(15-5-3-10-27-15)17(20(25)21(23)26)19(24)13-6-7-14-16(11-13)29-12-28-14/h3,5-7,10-11,18,24H,4,8-9,12H2,1-2H3/b19-17-/t18-/m1/s1. The van der Waals surface area contributed by atoms with Gasteiger partial charge in [-0.2, -0.15) is 0 Å². The Balaban J connectivity index is 1.74. The van der Waals surface area contributed by atoms with Gasteiger partial charge in [0.25, 0.3) is 11.7 Å². The zero-order valence-corrected chi connectivity index (χ0v) is 16.3. The Morgan fingerprint density at radius 1 is 1.21 bits per heavy atom. The predicted octanol–water partition coefficient (Wildman–Crippen LogP) is 2.38. The number of Topliss-reactive ketones (excluding diaryl/α,β-unsaturated/α-hetero) is 1. The molecule has 1 fully saturated rings. The van der Waals surface area contributed by atoms with Crippen molar-refractivity contribution in [3.63, 3.8) is 0 Å². The van der Waals surface area contributed by atoms with Gasteiger partial charge >= 0.3 is 0 Å². The van der Waals surface area contributed by atoms with Crippen molar-refractivity contribution in [3.8, 4) is 11.5 Å². The van der Waals surface area contributed by atoms with Crippen molar-refractivity contribution in [3.05, 3.63) is 53.5 Å². The molecule has 29 heavy (non-hydrogen) atoms. The lowest BCUT2D eigenvalue weighted by molar-refractivity contribution is -0.140. The lowest BCUT2D eigenvalue weighted by atomic mass is 9.99. The predicted molar refractivity (Wildman–Crippen MR) is 103 cm³/mol. The number of aliphatic hydroxyl groups excluding tert-OH is 1. The van der Waals surface area contributed by atoms with Crippen molar-refractivity contribution in [2.24, 2.45) is 0 Å². The number of fused-ring (bicyclic) bond motifs is 1. The van der Waals surface area contributed by atoms with Crippen molar-refractivity contribution in [2.75, 3.05) is 34.0 Å². The second-order valence-corrected chi connectivity index (χ2v) is 7.23. The van der Waals surface area contributed by atoms with Crippen molar-refractivity contribution >= 4 is 17.4 Å². The number of likely N-dealkylation sites (tertiary alicyclic amines) is 1. The maximum absolute atomic E-state index is 12.8. The molecule has 0 radical (unpaired) electrons. The minimum Gasteiger partial charge on any atom is -0.507 e. The summed E-state index contributed by atoms with van der Waals surface area (Å²) in [5.74, 6) is -0.176. The number of carbonyl (C=O) groups is 2. The molecule has 4 rings (SSSR count). The Labute approximate surface area is 167 Å². The van der Waals surface area contributed by atoms with Gasteiger partial charge in [-0.05, 0) is 57.4 Å². The van der Waals surface area contributed by atoms with Crippen molar-refractivity contribution in [2.45, 2.75) is 12.5 Å². The van der Waals surface area contributed by atoms with Gasteiger partial charge < -0.3 is 28.8 Å². The van der Waals surface area contributed by atoms with Gasteiger partial charge in [-0.15, -0.1) is 0 Å². The second kappa shape index (κ2) is 7.63. The van der Waals surface area contributed by atoms with Gasteiger partial charge in [0.1, 0.15) is 17.6 Å². The van der Waals surface area contributed by atoms with Gasteiger partial charge in [-0.25, -0.2) is 0 Å². The Bertz CT molecular complexity index is 964. The lowest BCUT2D eigenvalue weighted by Gasteiger charge is -2.24. The van der Waals surface area contributed by atoms with Gasteiger partial charge in [0.15, 0.2) is 11.5 Å². The average molecular weight is 398 g/mol. The Hall–Kier alpha value is -3.26. The van der Waals surface area contributed by atoms with E-state index < -0.39 is 17.7 Å². The van der Waals surface area contributed by atoms with Crippen LogP contribution in [0.5, 0.6) is 11.5 Å². The van der Waals surface area contributed by atoms with E-state index in [1.807, 2.05) is 19.0 Å². The molecule has 1 saturated heterocycles. The van der Waals surface area contributed by atoms with E-state index in [9.17, 15) is 14.7 Å². The monoisotopic (exact) mass is 398 g/mol. The molecule has 8 nitrogen and oxygen atoms in total. The molecule has 1 N–H and O–H groups in total. The number of rotatable bonds is 6. The molecule has 8 heteroatoms. The minimum absolute atomic E-state index is 0.00803. The van der Waals surface area contributed by atoms with Gasteiger partial charge in [0, 0.05) is 12.1 Å². The summed E-state index contributed by atoms with van der Waals surface area (Å²) in [5, 5.41) is 11.0. The van der Waals surface area contributed by atoms with Gasteiger partial charge in [-0.1, -0.05) is 0 Å². The zero-order chi connectivity index (χ0) is 20.5. The SMILES string of the molecule is CN(C)CCCN1C(=O)C(=O)/C(=C(\O)c2ccc3c(c2)OCO3)[C@H]1c1ccco1. The molecule has 3 heterocycles. The Morgan fingerprint density at radius 2 is 2.00 bits per heavy atom. The molecule has 0 spiro atoms. The first-order valence-corrected chi connectivity index (χ1v) is 9.34. The van der Waals surface area contributed by atoms with E-state index in [0.717, 1.165) is 6.54 Å². The maximum Gasteiger partial charge on any atom is 0.295 e. The molecule has 0 bridgehead atoms. The van der Waals surface area contributed by atoms with E-state index >= 15 is 0 Å². The number of amides is 1. The van der Waals surface area contributed by atoms with Crippen molar-refractivity contribution in [1.29, 1.82) is 0 Å². The zero-order valence-electron chi connectivity index (χ0n) is 16.3. The van der Waals surface area contributed by atoms with E-state index in [1.54, 1.807) is 30.3 Å². The number of ketones is 1. The summed E-state index contributed by atoms with van der Waals surface area (Å²) in [6, 6.07) is 7.49. The summed E-state index contributed by atoms with van der Waals surface area (Å²) in [6.45, 7) is 1.23. The molecular formula is C21H22N2O6. The third kappa shape index (κ3) is 3.47. The molecule has 2 aliphatic heterocycles. The van der Waals surface area contributed by atoms with Gasteiger partial charge in [0.05, 0.1) is 11.8 Å². The number of hydrogen-bond acceptors (Lipinski definition) is 7. The number of nitrogens with zero attached hydrogens (tertiary/aromatic N) is 2. The number of aliphatic hydroxyl groups is 1. The third-order valence-electron chi connectivity index (χ3n) is 5.00. The van der Waals surface area contributed by atoms with E-state index in [0.29, 0.717) is 35.8 Å². The molecule has 152 valence electrons. The first-order valence-electron chi connectivity index (χ1n) is 9.34. The lowest BCUT2D eigenvalue weighted by Crippen LogP contribution is -2.32. The molecule has 0 aliphatic carbocycles. The number of benzene rings is 1. The largest absolute Gasteiger partial charge is 0.507 e. The fraction of sp³-hybridized carbons (Fsp3) is 0.333. The van der Waals surface area contributed by atoms with Crippen LogP contribution in [-0.2, 0) is 9.59 Å². The molecule has 2 aromatic rings. The summed E-state index contributed by atoms with van der Waals surface area (Å²) in [6.07, 6.45) is 2.16. The fourth-order valence-corrected chi connectivity index (χ4v) is 3.61. The van der Waals surface area contributed by atoms with E-state index in [4.69, 9.17) is 13.9 Å².